The summed E-state index contributed by atoms with van der Waals surface area (Å²) in [5.41, 5.74) is 5.74. The zero-order valence-electron chi connectivity index (χ0n) is 9.95. The van der Waals surface area contributed by atoms with Crippen LogP contribution in [0.15, 0.2) is 34.9 Å². The third kappa shape index (κ3) is 2.82. The number of aryl methyl sites for hydroxylation is 1. The third-order valence-corrected chi connectivity index (χ3v) is 3.33. The standard InChI is InChI=1S/C12H11BrF3N3/c1-19-10(4-5-18-19)11(17)8-3-2-7(13)6-9(8)12(14,15)16/h2-6,11H,17H2,1H3. The number of benzene rings is 1. The van der Waals surface area contributed by atoms with Gasteiger partial charge in [-0.1, -0.05) is 22.0 Å². The van der Waals surface area contributed by atoms with Gasteiger partial charge in [0.1, 0.15) is 0 Å². The summed E-state index contributed by atoms with van der Waals surface area (Å²) in [6, 6.07) is 4.68. The minimum absolute atomic E-state index is 0.0271. The number of aromatic nitrogens is 2. The SMILES string of the molecule is Cn1nccc1C(N)c1ccc(Br)cc1C(F)(F)F. The van der Waals surface area contributed by atoms with Crippen LogP contribution in [-0.2, 0) is 13.2 Å². The average Bonchev–Trinajstić information content (AvgIpc) is 2.73. The highest BCUT2D eigenvalue weighted by Gasteiger charge is 2.35. The number of nitrogens with two attached hydrogens (primary N) is 1. The van der Waals surface area contributed by atoms with E-state index in [2.05, 4.69) is 21.0 Å². The van der Waals surface area contributed by atoms with Crippen molar-refractivity contribution in [3.05, 3.63) is 51.8 Å². The van der Waals surface area contributed by atoms with Crippen LogP contribution >= 0.6 is 15.9 Å². The van der Waals surface area contributed by atoms with Crippen molar-refractivity contribution in [3.8, 4) is 0 Å². The zero-order valence-corrected chi connectivity index (χ0v) is 11.5. The van der Waals surface area contributed by atoms with Crippen LogP contribution in [0.1, 0.15) is 22.9 Å². The Hall–Kier alpha value is -1.34. The smallest absolute Gasteiger partial charge is 0.319 e. The van der Waals surface area contributed by atoms with Crippen LogP contribution in [0.25, 0.3) is 0 Å². The number of hydrogen-bond donors (Lipinski definition) is 1. The van der Waals surface area contributed by atoms with Gasteiger partial charge in [0.05, 0.1) is 17.3 Å². The van der Waals surface area contributed by atoms with Crippen LogP contribution in [0.5, 0.6) is 0 Å². The molecule has 1 aromatic carbocycles. The number of alkyl halides is 3. The van der Waals surface area contributed by atoms with Crippen LogP contribution < -0.4 is 5.73 Å². The van der Waals surface area contributed by atoms with Crippen molar-refractivity contribution in [2.24, 2.45) is 12.8 Å². The van der Waals surface area contributed by atoms with Crippen LogP contribution in [0.3, 0.4) is 0 Å². The van der Waals surface area contributed by atoms with Crippen molar-refractivity contribution in [2.75, 3.05) is 0 Å². The Morgan fingerprint density at radius 2 is 2.00 bits per heavy atom. The predicted octanol–water partition coefficient (Wildman–Crippen LogP) is 3.25. The molecule has 0 aliphatic rings. The van der Waals surface area contributed by atoms with Gasteiger partial charge in [-0.2, -0.15) is 18.3 Å². The molecule has 1 unspecified atom stereocenters. The molecule has 3 nitrogen and oxygen atoms in total. The monoisotopic (exact) mass is 333 g/mol. The summed E-state index contributed by atoms with van der Waals surface area (Å²) in [4.78, 5) is 0. The molecule has 1 heterocycles. The van der Waals surface area contributed by atoms with Gasteiger partial charge in [-0.05, 0) is 23.8 Å². The van der Waals surface area contributed by atoms with E-state index in [-0.39, 0.29) is 5.56 Å². The third-order valence-electron chi connectivity index (χ3n) is 2.83. The van der Waals surface area contributed by atoms with Gasteiger partial charge in [0.2, 0.25) is 0 Å². The van der Waals surface area contributed by atoms with Crippen molar-refractivity contribution in [1.29, 1.82) is 0 Å². The van der Waals surface area contributed by atoms with Crippen molar-refractivity contribution in [3.63, 3.8) is 0 Å². The first-order chi connectivity index (χ1) is 8.80. The quantitative estimate of drug-likeness (QED) is 0.916. The van der Waals surface area contributed by atoms with Gasteiger partial charge in [-0.15, -0.1) is 0 Å². The predicted molar refractivity (Wildman–Crippen MR) is 68.4 cm³/mol. The molecule has 0 saturated carbocycles. The molecule has 0 spiro atoms. The second-order valence-electron chi connectivity index (χ2n) is 4.09. The Balaban J connectivity index is 2.54. The van der Waals surface area contributed by atoms with E-state index in [1.807, 2.05) is 0 Å². The summed E-state index contributed by atoms with van der Waals surface area (Å²) < 4.78 is 40.9. The van der Waals surface area contributed by atoms with Gasteiger partial charge in [-0.25, -0.2) is 0 Å². The summed E-state index contributed by atoms with van der Waals surface area (Å²) in [5.74, 6) is 0. The Morgan fingerprint density at radius 1 is 1.32 bits per heavy atom. The molecule has 0 aliphatic carbocycles. The van der Waals surface area contributed by atoms with Gasteiger partial charge >= 0.3 is 6.18 Å². The van der Waals surface area contributed by atoms with Crippen molar-refractivity contribution >= 4 is 15.9 Å². The molecular weight excluding hydrogens is 323 g/mol. The molecule has 0 saturated heterocycles. The molecule has 0 aliphatic heterocycles. The molecule has 1 atom stereocenters. The van der Waals surface area contributed by atoms with E-state index in [0.717, 1.165) is 6.07 Å². The van der Waals surface area contributed by atoms with E-state index in [1.165, 1.54) is 16.9 Å². The highest BCUT2D eigenvalue weighted by molar-refractivity contribution is 9.10. The molecular formula is C12H11BrF3N3. The highest BCUT2D eigenvalue weighted by atomic mass is 79.9. The molecule has 0 radical (unpaired) electrons. The van der Waals surface area contributed by atoms with Gasteiger partial charge in [0.15, 0.2) is 0 Å². The van der Waals surface area contributed by atoms with Crippen molar-refractivity contribution < 1.29 is 13.2 Å². The minimum Gasteiger partial charge on any atom is -0.319 e. The maximum absolute atomic E-state index is 13.0. The minimum atomic E-state index is -4.45. The van der Waals surface area contributed by atoms with Crippen molar-refractivity contribution in [1.82, 2.24) is 9.78 Å². The van der Waals surface area contributed by atoms with Crippen LogP contribution in [-0.4, -0.2) is 9.78 Å². The summed E-state index contributed by atoms with van der Waals surface area (Å²) >= 11 is 3.04. The highest BCUT2D eigenvalue weighted by Crippen LogP contribution is 2.37. The molecule has 2 rings (SSSR count). The Morgan fingerprint density at radius 3 is 2.53 bits per heavy atom. The molecule has 0 fully saturated rings. The summed E-state index contributed by atoms with van der Waals surface area (Å²) in [6.45, 7) is 0. The summed E-state index contributed by atoms with van der Waals surface area (Å²) in [7, 11) is 1.64. The van der Waals surface area contributed by atoms with Crippen LogP contribution in [0.4, 0.5) is 13.2 Å². The van der Waals surface area contributed by atoms with E-state index in [9.17, 15) is 13.2 Å². The van der Waals surface area contributed by atoms with Crippen LogP contribution in [0, 0.1) is 0 Å². The Kier molecular flexibility index (Phi) is 3.69. The van der Waals surface area contributed by atoms with E-state index >= 15 is 0 Å². The first-order valence-electron chi connectivity index (χ1n) is 5.41. The molecule has 1 aromatic heterocycles. The summed E-state index contributed by atoms with van der Waals surface area (Å²) in [5, 5.41) is 3.92. The largest absolute Gasteiger partial charge is 0.416 e. The maximum atomic E-state index is 13.0. The first-order valence-corrected chi connectivity index (χ1v) is 6.20. The van der Waals surface area contributed by atoms with Crippen molar-refractivity contribution in [2.45, 2.75) is 12.2 Å². The summed E-state index contributed by atoms with van der Waals surface area (Å²) in [6.07, 6.45) is -2.95. The molecule has 2 aromatic rings. The number of nitrogens with zero attached hydrogens (tertiary/aromatic N) is 2. The molecule has 2 N–H and O–H groups in total. The fourth-order valence-electron chi connectivity index (χ4n) is 1.89. The second-order valence-corrected chi connectivity index (χ2v) is 5.00. The Labute approximate surface area is 116 Å². The van der Waals surface area contributed by atoms with E-state index in [1.54, 1.807) is 19.2 Å². The maximum Gasteiger partial charge on any atom is 0.416 e. The molecule has 7 heteroatoms. The number of halogens is 4. The normalized spacial score (nSPS) is 13.6. The Bertz CT molecular complexity index is 592. The fourth-order valence-corrected chi connectivity index (χ4v) is 2.25. The van der Waals surface area contributed by atoms with Gasteiger partial charge in [0.25, 0.3) is 0 Å². The van der Waals surface area contributed by atoms with E-state index in [4.69, 9.17) is 5.73 Å². The first kappa shape index (κ1) is 14.1. The number of rotatable bonds is 2. The molecule has 0 bridgehead atoms. The van der Waals surface area contributed by atoms with Gasteiger partial charge < -0.3 is 5.73 Å². The molecule has 0 amide bonds. The zero-order chi connectivity index (χ0) is 14.2. The van der Waals surface area contributed by atoms with Crippen LogP contribution in [0.2, 0.25) is 0 Å². The molecule has 102 valence electrons. The lowest BCUT2D eigenvalue weighted by Gasteiger charge is -2.19. The second kappa shape index (κ2) is 4.97. The van der Waals surface area contributed by atoms with Gasteiger partial charge in [-0.3, -0.25) is 4.68 Å². The topological polar surface area (TPSA) is 43.8 Å². The van der Waals surface area contributed by atoms with E-state index < -0.39 is 17.8 Å². The molecule has 19 heavy (non-hydrogen) atoms. The lowest BCUT2D eigenvalue weighted by molar-refractivity contribution is -0.138. The number of hydrogen-bond acceptors (Lipinski definition) is 2. The van der Waals surface area contributed by atoms with Gasteiger partial charge in [0, 0.05) is 17.7 Å². The van der Waals surface area contributed by atoms with E-state index in [0.29, 0.717) is 10.2 Å². The fraction of sp³-hybridized carbons (Fsp3) is 0.250. The average molecular weight is 334 g/mol. The lowest BCUT2D eigenvalue weighted by atomic mass is 9.98. The lowest BCUT2D eigenvalue weighted by Crippen LogP contribution is -2.20.